The van der Waals surface area contributed by atoms with Crippen LogP contribution >= 0.6 is 23.2 Å². The lowest BCUT2D eigenvalue weighted by Crippen LogP contribution is -2.23. The zero-order valence-corrected chi connectivity index (χ0v) is 15.6. The summed E-state index contributed by atoms with van der Waals surface area (Å²) in [5, 5.41) is 3.43. The van der Waals surface area contributed by atoms with Crippen molar-refractivity contribution in [3.05, 3.63) is 57.6 Å². The standard InChI is InChI=1S/C16H16Cl2N2O3S/c1-10-8-11(17)4-7-15(10)19-16(21)13-9-12(5-6-14(13)18)24(22,23)20(2)3/h4-9H,1-3H3,(H,19,21). The van der Waals surface area contributed by atoms with E-state index in [0.29, 0.717) is 10.7 Å². The molecule has 0 aliphatic heterocycles. The minimum absolute atomic E-state index is 0.00474. The predicted octanol–water partition coefficient (Wildman–Crippen LogP) is 3.80. The van der Waals surface area contributed by atoms with E-state index in [0.717, 1.165) is 9.87 Å². The van der Waals surface area contributed by atoms with Crippen molar-refractivity contribution < 1.29 is 13.2 Å². The van der Waals surface area contributed by atoms with Gasteiger partial charge in [-0.1, -0.05) is 23.2 Å². The van der Waals surface area contributed by atoms with Crippen molar-refractivity contribution in [1.29, 1.82) is 0 Å². The second-order valence-electron chi connectivity index (χ2n) is 5.34. The fourth-order valence-corrected chi connectivity index (χ4v) is 3.37. The Hall–Kier alpha value is -1.60. The molecular weight excluding hydrogens is 371 g/mol. The molecule has 0 saturated carbocycles. The highest BCUT2D eigenvalue weighted by molar-refractivity contribution is 7.89. The molecule has 0 atom stereocenters. The Labute approximate surface area is 151 Å². The molecule has 0 spiro atoms. The lowest BCUT2D eigenvalue weighted by atomic mass is 10.1. The summed E-state index contributed by atoms with van der Waals surface area (Å²) in [4.78, 5) is 12.5. The van der Waals surface area contributed by atoms with Crippen LogP contribution in [0.1, 0.15) is 15.9 Å². The molecular formula is C16H16Cl2N2O3S. The third-order valence-electron chi connectivity index (χ3n) is 3.40. The second-order valence-corrected chi connectivity index (χ2v) is 8.34. The number of carbonyl (C=O) groups is 1. The number of nitrogens with one attached hydrogen (secondary N) is 1. The van der Waals surface area contributed by atoms with E-state index in [-0.39, 0.29) is 15.5 Å². The lowest BCUT2D eigenvalue weighted by molar-refractivity contribution is 0.102. The Morgan fingerprint density at radius 2 is 1.75 bits per heavy atom. The molecule has 0 fully saturated rings. The topological polar surface area (TPSA) is 66.5 Å². The highest BCUT2D eigenvalue weighted by Gasteiger charge is 2.21. The average Bonchev–Trinajstić information content (AvgIpc) is 2.50. The van der Waals surface area contributed by atoms with Crippen LogP contribution in [0.3, 0.4) is 0 Å². The molecule has 2 aromatic carbocycles. The van der Waals surface area contributed by atoms with Gasteiger partial charge in [0, 0.05) is 24.8 Å². The maximum Gasteiger partial charge on any atom is 0.257 e. The molecule has 0 aliphatic rings. The molecule has 0 unspecified atom stereocenters. The van der Waals surface area contributed by atoms with Crippen LogP contribution in [0.5, 0.6) is 0 Å². The number of halogens is 2. The molecule has 24 heavy (non-hydrogen) atoms. The van der Waals surface area contributed by atoms with Gasteiger partial charge >= 0.3 is 0 Å². The van der Waals surface area contributed by atoms with E-state index in [2.05, 4.69) is 5.32 Å². The van der Waals surface area contributed by atoms with Crippen molar-refractivity contribution >= 4 is 44.8 Å². The van der Waals surface area contributed by atoms with Crippen LogP contribution in [-0.4, -0.2) is 32.7 Å². The maximum atomic E-state index is 12.5. The van der Waals surface area contributed by atoms with Crippen molar-refractivity contribution in [3.8, 4) is 0 Å². The van der Waals surface area contributed by atoms with Gasteiger partial charge in [0.2, 0.25) is 10.0 Å². The van der Waals surface area contributed by atoms with Gasteiger partial charge in [-0.2, -0.15) is 0 Å². The van der Waals surface area contributed by atoms with Gasteiger partial charge in [-0.3, -0.25) is 4.79 Å². The number of nitrogens with zero attached hydrogens (tertiary/aromatic N) is 1. The summed E-state index contributed by atoms with van der Waals surface area (Å²) < 4.78 is 25.5. The van der Waals surface area contributed by atoms with Gasteiger partial charge < -0.3 is 5.32 Å². The summed E-state index contributed by atoms with van der Waals surface area (Å²) in [6.45, 7) is 1.80. The fraction of sp³-hybridized carbons (Fsp3) is 0.188. The molecule has 128 valence electrons. The molecule has 0 saturated heterocycles. The van der Waals surface area contributed by atoms with Gasteiger partial charge in [0.1, 0.15) is 0 Å². The molecule has 0 radical (unpaired) electrons. The number of benzene rings is 2. The molecule has 0 aromatic heterocycles. The molecule has 0 heterocycles. The van der Waals surface area contributed by atoms with E-state index < -0.39 is 15.9 Å². The summed E-state index contributed by atoms with van der Waals surface area (Å²) in [5.74, 6) is -0.499. The summed E-state index contributed by atoms with van der Waals surface area (Å²) in [5.41, 5.74) is 1.43. The van der Waals surface area contributed by atoms with Crippen LogP contribution < -0.4 is 5.32 Å². The first kappa shape index (κ1) is 18.7. The van der Waals surface area contributed by atoms with Gasteiger partial charge in [0.25, 0.3) is 5.91 Å². The Morgan fingerprint density at radius 3 is 2.33 bits per heavy atom. The van der Waals surface area contributed by atoms with Crippen LogP contribution in [0.4, 0.5) is 5.69 Å². The third-order valence-corrected chi connectivity index (χ3v) is 5.77. The van der Waals surface area contributed by atoms with Crippen LogP contribution in [0.15, 0.2) is 41.3 Å². The zero-order chi connectivity index (χ0) is 18.1. The molecule has 1 N–H and O–H groups in total. The van der Waals surface area contributed by atoms with Crippen LogP contribution in [0, 0.1) is 6.92 Å². The SMILES string of the molecule is Cc1cc(Cl)ccc1NC(=O)c1cc(S(=O)(=O)N(C)C)ccc1Cl. The number of amides is 1. The number of sulfonamides is 1. The quantitative estimate of drug-likeness (QED) is 0.868. The normalized spacial score (nSPS) is 11.6. The monoisotopic (exact) mass is 386 g/mol. The minimum atomic E-state index is -3.66. The summed E-state index contributed by atoms with van der Waals surface area (Å²) in [6, 6.07) is 9.05. The van der Waals surface area contributed by atoms with E-state index in [1.165, 1.54) is 32.3 Å². The highest BCUT2D eigenvalue weighted by atomic mass is 35.5. The smallest absolute Gasteiger partial charge is 0.257 e. The minimum Gasteiger partial charge on any atom is -0.322 e. The van der Waals surface area contributed by atoms with E-state index in [1.807, 2.05) is 0 Å². The number of carbonyl (C=O) groups excluding carboxylic acids is 1. The van der Waals surface area contributed by atoms with Crippen LogP contribution in [0.25, 0.3) is 0 Å². The van der Waals surface area contributed by atoms with E-state index in [1.54, 1.807) is 25.1 Å². The first-order valence-electron chi connectivity index (χ1n) is 6.92. The lowest BCUT2D eigenvalue weighted by Gasteiger charge is -2.14. The van der Waals surface area contributed by atoms with Crippen molar-refractivity contribution in [2.75, 3.05) is 19.4 Å². The molecule has 0 aliphatic carbocycles. The zero-order valence-electron chi connectivity index (χ0n) is 13.3. The van der Waals surface area contributed by atoms with Gasteiger partial charge in [0.05, 0.1) is 15.5 Å². The number of aryl methyl sites for hydroxylation is 1. The molecule has 8 heteroatoms. The van der Waals surface area contributed by atoms with Gasteiger partial charge in [0.15, 0.2) is 0 Å². The second kappa shape index (κ2) is 7.11. The van der Waals surface area contributed by atoms with E-state index >= 15 is 0 Å². The van der Waals surface area contributed by atoms with Gasteiger partial charge in [-0.15, -0.1) is 0 Å². The third kappa shape index (κ3) is 3.89. The molecule has 1 amide bonds. The summed E-state index contributed by atoms with van der Waals surface area (Å²) in [7, 11) is -0.824. The largest absolute Gasteiger partial charge is 0.322 e. The van der Waals surface area contributed by atoms with Gasteiger partial charge in [-0.05, 0) is 48.9 Å². The molecule has 2 aromatic rings. The van der Waals surface area contributed by atoms with Crippen molar-refractivity contribution in [2.24, 2.45) is 0 Å². The number of rotatable bonds is 4. The van der Waals surface area contributed by atoms with Crippen LogP contribution in [0.2, 0.25) is 10.0 Å². The van der Waals surface area contributed by atoms with Crippen LogP contribution in [-0.2, 0) is 10.0 Å². The van der Waals surface area contributed by atoms with E-state index in [4.69, 9.17) is 23.2 Å². The van der Waals surface area contributed by atoms with Gasteiger partial charge in [-0.25, -0.2) is 12.7 Å². The average molecular weight is 387 g/mol. The maximum absolute atomic E-state index is 12.5. The Morgan fingerprint density at radius 1 is 1.08 bits per heavy atom. The Kier molecular flexibility index (Phi) is 5.55. The summed E-state index contributed by atoms with van der Waals surface area (Å²) >= 11 is 12.0. The number of anilines is 1. The fourth-order valence-electron chi connectivity index (χ4n) is 2.01. The highest BCUT2D eigenvalue weighted by Crippen LogP contribution is 2.25. The molecule has 0 bridgehead atoms. The number of hydrogen-bond donors (Lipinski definition) is 1. The first-order valence-corrected chi connectivity index (χ1v) is 9.12. The first-order chi connectivity index (χ1) is 11.1. The molecule has 2 rings (SSSR count). The molecule has 5 nitrogen and oxygen atoms in total. The van der Waals surface area contributed by atoms with E-state index in [9.17, 15) is 13.2 Å². The van der Waals surface area contributed by atoms with Crippen molar-refractivity contribution in [2.45, 2.75) is 11.8 Å². The Balaban J connectivity index is 2.39. The summed E-state index contributed by atoms with van der Waals surface area (Å²) in [6.07, 6.45) is 0. The van der Waals surface area contributed by atoms with Crippen molar-refractivity contribution in [3.63, 3.8) is 0 Å². The Bertz CT molecular complexity index is 896. The predicted molar refractivity (Wildman–Crippen MR) is 96.5 cm³/mol. The number of hydrogen-bond acceptors (Lipinski definition) is 3. The van der Waals surface area contributed by atoms with Crippen molar-refractivity contribution in [1.82, 2.24) is 4.31 Å².